The Morgan fingerprint density at radius 2 is 2.22 bits per heavy atom. The van der Waals surface area contributed by atoms with Crippen molar-refractivity contribution in [2.45, 2.75) is 25.5 Å². The number of hydrogen-bond acceptors (Lipinski definition) is 3. The normalized spacial score (nSPS) is 19.9. The van der Waals surface area contributed by atoms with Crippen LogP contribution in [0.4, 0.5) is 4.39 Å². The van der Waals surface area contributed by atoms with Crippen LogP contribution in [0.5, 0.6) is 0 Å². The van der Waals surface area contributed by atoms with Gasteiger partial charge in [0.2, 0.25) is 0 Å². The lowest BCUT2D eigenvalue weighted by Gasteiger charge is -2.24. The maximum atomic E-state index is 13.8. The molecule has 0 aliphatic carbocycles. The molecule has 1 unspecified atom stereocenters. The van der Waals surface area contributed by atoms with Gasteiger partial charge in [0.1, 0.15) is 5.69 Å². The van der Waals surface area contributed by atoms with Crippen LogP contribution in [0.1, 0.15) is 25.5 Å². The zero-order valence-electron chi connectivity index (χ0n) is 9.92. The zero-order valence-corrected chi connectivity index (χ0v) is 9.92. The minimum absolute atomic E-state index is 0.106. The van der Waals surface area contributed by atoms with Gasteiger partial charge in [-0.1, -0.05) is 0 Å². The van der Waals surface area contributed by atoms with E-state index >= 15 is 0 Å². The van der Waals surface area contributed by atoms with E-state index in [0.29, 0.717) is 11.4 Å². The van der Waals surface area contributed by atoms with Gasteiger partial charge in [0.05, 0.1) is 5.69 Å². The molecule has 4 nitrogen and oxygen atoms in total. The molecule has 0 amide bonds. The van der Waals surface area contributed by atoms with E-state index in [1.165, 1.54) is 6.07 Å². The number of ether oxygens (including phenoxy) is 1. The van der Waals surface area contributed by atoms with Crippen molar-refractivity contribution >= 4 is 0 Å². The molecule has 0 spiro atoms. The molecule has 1 fully saturated rings. The highest BCUT2D eigenvalue weighted by Gasteiger charge is 2.21. The van der Waals surface area contributed by atoms with Crippen LogP contribution in [-0.2, 0) is 4.74 Å². The van der Waals surface area contributed by atoms with Gasteiger partial charge in [-0.15, -0.1) is 0 Å². The lowest BCUT2D eigenvalue weighted by atomic mass is 10.2. The second-order valence-corrected chi connectivity index (χ2v) is 4.32. The number of rotatable bonds is 2. The number of pyridine rings is 1. The number of aromatic nitrogens is 3. The van der Waals surface area contributed by atoms with Gasteiger partial charge in [-0.25, -0.2) is 9.07 Å². The van der Waals surface area contributed by atoms with E-state index < -0.39 is 0 Å². The fourth-order valence-electron chi connectivity index (χ4n) is 2.22. The minimum atomic E-state index is -0.338. The van der Waals surface area contributed by atoms with Crippen molar-refractivity contribution in [1.82, 2.24) is 14.8 Å². The van der Waals surface area contributed by atoms with Crippen LogP contribution >= 0.6 is 0 Å². The third-order valence-corrected chi connectivity index (χ3v) is 3.10. The van der Waals surface area contributed by atoms with Crippen molar-refractivity contribution in [2.75, 3.05) is 6.61 Å². The first-order chi connectivity index (χ1) is 8.86. The van der Waals surface area contributed by atoms with E-state index in [4.69, 9.17) is 4.74 Å². The summed E-state index contributed by atoms with van der Waals surface area (Å²) in [7, 11) is 0. The van der Waals surface area contributed by atoms with Gasteiger partial charge in [-0.05, 0) is 37.5 Å². The van der Waals surface area contributed by atoms with Crippen molar-refractivity contribution in [1.29, 1.82) is 0 Å². The molecule has 94 valence electrons. The standard InChI is InChI=1S/C13H14FN3O/c14-10-4-3-7-15-13(10)11-6-8-16-17(11)12-5-1-2-9-18-12/h3-4,6-8,12H,1-2,5,9H2. The molecule has 0 aromatic carbocycles. The van der Waals surface area contributed by atoms with Crippen LogP contribution in [0.25, 0.3) is 11.4 Å². The molecule has 1 saturated heterocycles. The van der Waals surface area contributed by atoms with E-state index in [9.17, 15) is 4.39 Å². The quantitative estimate of drug-likeness (QED) is 0.819. The van der Waals surface area contributed by atoms with Crippen molar-refractivity contribution in [2.24, 2.45) is 0 Å². The van der Waals surface area contributed by atoms with Gasteiger partial charge in [-0.2, -0.15) is 5.10 Å². The molecule has 3 rings (SSSR count). The highest BCUT2D eigenvalue weighted by Crippen LogP contribution is 2.28. The first-order valence-corrected chi connectivity index (χ1v) is 6.12. The second kappa shape index (κ2) is 4.86. The maximum Gasteiger partial charge on any atom is 0.151 e. The monoisotopic (exact) mass is 247 g/mol. The van der Waals surface area contributed by atoms with Crippen molar-refractivity contribution in [3.05, 3.63) is 36.4 Å². The third kappa shape index (κ3) is 2.01. The smallest absolute Gasteiger partial charge is 0.151 e. The predicted molar refractivity (Wildman–Crippen MR) is 64.3 cm³/mol. The van der Waals surface area contributed by atoms with Gasteiger partial charge < -0.3 is 4.74 Å². The molecular weight excluding hydrogens is 233 g/mol. The van der Waals surface area contributed by atoms with Gasteiger partial charge in [0.25, 0.3) is 0 Å². The van der Waals surface area contributed by atoms with Crippen molar-refractivity contribution in [3.63, 3.8) is 0 Å². The summed E-state index contributed by atoms with van der Waals surface area (Å²) in [5.41, 5.74) is 0.990. The van der Waals surface area contributed by atoms with Crippen molar-refractivity contribution < 1.29 is 9.13 Å². The largest absolute Gasteiger partial charge is 0.356 e. The Hall–Kier alpha value is -1.75. The summed E-state index contributed by atoms with van der Waals surface area (Å²) in [6.07, 6.45) is 6.21. The Kier molecular flexibility index (Phi) is 3.06. The highest BCUT2D eigenvalue weighted by molar-refractivity contribution is 5.54. The fourth-order valence-corrected chi connectivity index (χ4v) is 2.22. The molecule has 2 aromatic rings. The molecule has 18 heavy (non-hydrogen) atoms. The summed E-state index contributed by atoms with van der Waals surface area (Å²) in [6, 6.07) is 4.75. The van der Waals surface area contributed by atoms with E-state index in [1.54, 1.807) is 29.2 Å². The molecule has 5 heteroatoms. The SMILES string of the molecule is Fc1cccnc1-c1ccnn1C1CCCCO1. The van der Waals surface area contributed by atoms with E-state index in [2.05, 4.69) is 10.1 Å². The fraction of sp³-hybridized carbons (Fsp3) is 0.385. The Morgan fingerprint density at radius 3 is 3.00 bits per heavy atom. The lowest BCUT2D eigenvalue weighted by molar-refractivity contribution is -0.0384. The van der Waals surface area contributed by atoms with Crippen LogP contribution in [0, 0.1) is 5.82 Å². The van der Waals surface area contributed by atoms with Crippen LogP contribution in [0.2, 0.25) is 0 Å². The van der Waals surface area contributed by atoms with Crippen LogP contribution in [0.3, 0.4) is 0 Å². The summed E-state index contributed by atoms with van der Waals surface area (Å²) in [4.78, 5) is 4.08. The minimum Gasteiger partial charge on any atom is -0.356 e. The number of nitrogens with zero attached hydrogens (tertiary/aromatic N) is 3. The van der Waals surface area contributed by atoms with Gasteiger partial charge in [0.15, 0.2) is 12.0 Å². The molecule has 0 N–H and O–H groups in total. The Labute approximate surface area is 104 Å². The summed E-state index contributed by atoms with van der Waals surface area (Å²) < 4.78 is 21.2. The molecule has 0 bridgehead atoms. The Balaban J connectivity index is 1.98. The lowest BCUT2D eigenvalue weighted by Crippen LogP contribution is -2.20. The second-order valence-electron chi connectivity index (χ2n) is 4.32. The van der Waals surface area contributed by atoms with E-state index in [-0.39, 0.29) is 12.0 Å². The van der Waals surface area contributed by atoms with Crippen molar-refractivity contribution in [3.8, 4) is 11.4 Å². The maximum absolute atomic E-state index is 13.8. The highest BCUT2D eigenvalue weighted by atomic mass is 19.1. The van der Waals surface area contributed by atoms with E-state index in [0.717, 1.165) is 25.9 Å². The average molecular weight is 247 g/mol. The average Bonchev–Trinajstić information content (AvgIpc) is 2.89. The first kappa shape index (κ1) is 11.3. The molecule has 0 saturated carbocycles. The summed E-state index contributed by atoms with van der Waals surface area (Å²) in [5.74, 6) is -0.338. The summed E-state index contributed by atoms with van der Waals surface area (Å²) in [5, 5.41) is 4.24. The first-order valence-electron chi connectivity index (χ1n) is 6.12. The Bertz CT molecular complexity index is 535. The topological polar surface area (TPSA) is 39.9 Å². The predicted octanol–water partition coefficient (Wildman–Crippen LogP) is 2.78. The third-order valence-electron chi connectivity index (χ3n) is 3.10. The van der Waals surface area contributed by atoms with Crippen LogP contribution in [-0.4, -0.2) is 21.4 Å². The van der Waals surface area contributed by atoms with Crippen LogP contribution in [0.15, 0.2) is 30.6 Å². The van der Waals surface area contributed by atoms with Crippen LogP contribution < -0.4 is 0 Å². The molecule has 0 radical (unpaired) electrons. The zero-order chi connectivity index (χ0) is 12.4. The Morgan fingerprint density at radius 1 is 1.28 bits per heavy atom. The van der Waals surface area contributed by atoms with Gasteiger partial charge >= 0.3 is 0 Å². The molecule has 1 atom stereocenters. The molecular formula is C13H14FN3O. The molecule has 2 aromatic heterocycles. The summed E-state index contributed by atoms with van der Waals surface area (Å²) in [6.45, 7) is 0.731. The molecule has 1 aliphatic rings. The molecule has 3 heterocycles. The number of halogens is 1. The van der Waals surface area contributed by atoms with Gasteiger partial charge in [-0.3, -0.25) is 4.98 Å². The van der Waals surface area contributed by atoms with E-state index in [1.807, 2.05) is 0 Å². The summed E-state index contributed by atoms with van der Waals surface area (Å²) >= 11 is 0. The number of hydrogen-bond donors (Lipinski definition) is 0. The van der Waals surface area contributed by atoms with Gasteiger partial charge in [0, 0.05) is 19.0 Å². The molecule has 1 aliphatic heterocycles.